The average Bonchev–Trinajstić information content (AvgIpc) is 3.53. The van der Waals surface area contributed by atoms with E-state index in [0.29, 0.717) is 5.56 Å². The Hall–Kier alpha value is -4.85. The maximum absolute atomic E-state index is 12.8. The lowest BCUT2D eigenvalue weighted by Crippen LogP contribution is -2.45. The number of hydrogen-bond donors (Lipinski definition) is 3. The maximum Gasteiger partial charge on any atom is 0.257 e. The van der Waals surface area contributed by atoms with Gasteiger partial charge < -0.3 is 15.7 Å². The number of carbonyl (C=O) groups is 1. The summed E-state index contributed by atoms with van der Waals surface area (Å²) in [5.74, 6) is 0.754. The predicted molar refractivity (Wildman–Crippen MR) is 149 cm³/mol. The molecule has 2 aliphatic rings. The highest BCUT2D eigenvalue weighted by Crippen LogP contribution is 2.43. The van der Waals surface area contributed by atoms with E-state index in [4.69, 9.17) is 10.1 Å². The Bertz CT molecular complexity index is 1740. The number of rotatable bonds is 4. The van der Waals surface area contributed by atoms with Crippen LogP contribution in [0.1, 0.15) is 41.5 Å². The van der Waals surface area contributed by atoms with E-state index in [1.54, 1.807) is 24.5 Å². The van der Waals surface area contributed by atoms with Gasteiger partial charge >= 0.3 is 0 Å². The van der Waals surface area contributed by atoms with Gasteiger partial charge in [-0.15, -0.1) is 0 Å². The van der Waals surface area contributed by atoms with Crippen LogP contribution in [0.25, 0.3) is 27.4 Å². The summed E-state index contributed by atoms with van der Waals surface area (Å²) in [4.78, 5) is 29.7. The van der Waals surface area contributed by atoms with Gasteiger partial charge in [-0.05, 0) is 61.1 Å². The van der Waals surface area contributed by atoms with Crippen LogP contribution >= 0.6 is 0 Å². The highest BCUT2D eigenvalue weighted by molar-refractivity contribution is 6.10. The number of aromatic amines is 1. The molecule has 186 valence electrons. The molecule has 2 unspecified atom stereocenters. The van der Waals surface area contributed by atoms with Gasteiger partial charge in [0.15, 0.2) is 5.82 Å². The van der Waals surface area contributed by atoms with Gasteiger partial charge in [-0.3, -0.25) is 14.8 Å². The van der Waals surface area contributed by atoms with E-state index >= 15 is 0 Å². The van der Waals surface area contributed by atoms with Crippen LogP contribution in [0, 0.1) is 5.92 Å². The highest BCUT2D eigenvalue weighted by atomic mass is 16.1. The molecule has 7 rings (SSSR count). The van der Waals surface area contributed by atoms with E-state index in [9.17, 15) is 4.79 Å². The standard InChI is InChI=1S/C30H25N7O/c1-30-12-11-18(14-23(30)27(36-37-30)28-33-25-8-2-3-9-26(25)34-28)21-16-32-17-22-20(21)7-4-10-24(22)35-29(38)19-6-5-13-31-15-19/h2-11,13,15-17,23,37H,12,14H2,1H3,(H,33,34)(H,35,38). The highest BCUT2D eigenvalue weighted by Gasteiger charge is 2.45. The molecule has 3 N–H and O–H groups in total. The number of allylic oxidation sites excluding steroid dienone is 1. The Labute approximate surface area is 218 Å². The Kier molecular flexibility index (Phi) is 5.07. The monoisotopic (exact) mass is 499 g/mol. The molecule has 2 aromatic carbocycles. The third kappa shape index (κ3) is 3.64. The first-order chi connectivity index (χ1) is 18.6. The van der Waals surface area contributed by atoms with Crippen LogP contribution < -0.4 is 10.7 Å². The number of H-pyrrole nitrogens is 1. The number of aromatic nitrogens is 4. The fraction of sp³-hybridized carbons (Fsp3) is 0.167. The fourth-order valence-electron chi connectivity index (χ4n) is 5.56. The van der Waals surface area contributed by atoms with E-state index in [1.807, 2.05) is 48.8 Å². The van der Waals surface area contributed by atoms with Crippen molar-refractivity contribution in [3.8, 4) is 0 Å². The normalized spacial score (nSPS) is 20.5. The van der Waals surface area contributed by atoms with Gasteiger partial charge in [-0.1, -0.05) is 30.3 Å². The van der Waals surface area contributed by atoms with Gasteiger partial charge in [0.2, 0.25) is 0 Å². The molecule has 4 heterocycles. The molecule has 0 saturated carbocycles. The van der Waals surface area contributed by atoms with Gasteiger partial charge in [0.05, 0.1) is 27.8 Å². The van der Waals surface area contributed by atoms with Crippen LogP contribution in [-0.2, 0) is 0 Å². The van der Waals surface area contributed by atoms with E-state index in [1.165, 1.54) is 5.57 Å². The number of hydrazone groups is 1. The lowest BCUT2D eigenvalue weighted by Gasteiger charge is -2.35. The van der Waals surface area contributed by atoms with Crippen LogP contribution in [-0.4, -0.2) is 37.1 Å². The second-order valence-electron chi connectivity index (χ2n) is 10.1. The molecule has 1 amide bonds. The Balaban J connectivity index is 1.23. The van der Waals surface area contributed by atoms with Gasteiger partial charge in [0.25, 0.3) is 5.91 Å². The lowest BCUT2D eigenvalue weighted by atomic mass is 9.72. The molecule has 0 radical (unpaired) electrons. The summed E-state index contributed by atoms with van der Waals surface area (Å²) < 4.78 is 0. The average molecular weight is 500 g/mol. The first-order valence-electron chi connectivity index (χ1n) is 12.7. The summed E-state index contributed by atoms with van der Waals surface area (Å²) in [7, 11) is 0. The minimum absolute atomic E-state index is 0.145. The van der Waals surface area contributed by atoms with Crippen LogP contribution in [0.15, 0.2) is 90.6 Å². The molecular weight excluding hydrogens is 474 g/mol. The number of nitrogens with one attached hydrogen (secondary N) is 3. The first-order valence-corrected chi connectivity index (χ1v) is 12.7. The summed E-state index contributed by atoms with van der Waals surface area (Å²) in [5, 5.41) is 9.73. The Morgan fingerprint density at radius 3 is 2.79 bits per heavy atom. The molecule has 0 spiro atoms. The minimum Gasteiger partial charge on any atom is -0.337 e. The molecule has 0 saturated heterocycles. The molecule has 3 aromatic heterocycles. The number of nitrogens with zero attached hydrogens (tertiary/aromatic N) is 4. The number of hydrogen-bond acceptors (Lipinski definition) is 6. The molecule has 8 heteroatoms. The summed E-state index contributed by atoms with van der Waals surface area (Å²) in [6.07, 6.45) is 10.9. The smallest absolute Gasteiger partial charge is 0.257 e. The number of anilines is 1. The van der Waals surface area contributed by atoms with Crippen molar-refractivity contribution in [3.63, 3.8) is 0 Å². The molecular formula is C30H25N7O. The largest absolute Gasteiger partial charge is 0.337 e. The van der Waals surface area contributed by atoms with Crippen LogP contribution in [0.4, 0.5) is 5.69 Å². The third-order valence-corrected chi connectivity index (χ3v) is 7.68. The predicted octanol–water partition coefficient (Wildman–Crippen LogP) is 5.32. The lowest BCUT2D eigenvalue weighted by molar-refractivity contribution is 0.102. The summed E-state index contributed by atoms with van der Waals surface area (Å²) in [6.45, 7) is 2.22. The van der Waals surface area contributed by atoms with Crippen molar-refractivity contribution in [2.24, 2.45) is 11.0 Å². The van der Waals surface area contributed by atoms with Crippen LogP contribution in [0.2, 0.25) is 0 Å². The van der Waals surface area contributed by atoms with Crippen molar-refractivity contribution in [2.75, 3.05) is 5.32 Å². The van der Waals surface area contributed by atoms with Crippen LogP contribution in [0.5, 0.6) is 0 Å². The number of amides is 1. The SMILES string of the molecule is CC12CC=C(c3cncc4c(NC(=O)c5cccnc5)cccc34)CC1C(c1nc3ccccc3[nH]1)=NN2. The molecule has 0 bridgehead atoms. The Morgan fingerprint density at radius 2 is 1.92 bits per heavy atom. The number of pyridine rings is 2. The molecule has 38 heavy (non-hydrogen) atoms. The van der Waals surface area contributed by atoms with Gasteiger partial charge in [0.1, 0.15) is 5.71 Å². The fourth-order valence-corrected chi connectivity index (χ4v) is 5.56. The number of imidazole rings is 1. The van der Waals surface area contributed by atoms with E-state index < -0.39 is 0 Å². The second-order valence-corrected chi connectivity index (χ2v) is 10.1. The van der Waals surface area contributed by atoms with Crippen molar-refractivity contribution in [3.05, 3.63) is 102 Å². The first kappa shape index (κ1) is 22.4. The molecule has 0 fully saturated rings. The molecule has 1 aliphatic heterocycles. The molecule has 8 nitrogen and oxygen atoms in total. The zero-order chi connectivity index (χ0) is 25.7. The topological polar surface area (TPSA) is 108 Å². The summed E-state index contributed by atoms with van der Waals surface area (Å²) >= 11 is 0. The molecule has 1 aliphatic carbocycles. The molecule has 5 aromatic rings. The van der Waals surface area contributed by atoms with Crippen molar-refractivity contribution >= 4 is 44.7 Å². The maximum atomic E-state index is 12.8. The van der Waals surface area contributed by atoms with Gasteiger partial charge in [-0.25, -0.2) is 4.98 Å². The Morgan fingerprint density at radius 1 is 1.00 bits per heavy atom. The van der Waals surface area contributed by atoms with Crippen molar-refractivity contribution in [2.45, 2.75) is 25.3 Å². The quantitative estimate of drug-likeness (QED) is 0.310. The zero-order valence-electron chi connectivity index (χ0n) is 20.8. The van der Waals surface area contributed by atoms with E-state index in [0.717, 1.165) is 57.4 Å². The van der Waals surface area contributed by atoms with E-state index in [-0.39, 0.29) is 17.4 Å². The van der Waals surface area contributed by atoms with Crippen molar-refractivity contribution in [1.82, 2.24) is 25.4 Å². The van der Waals surface area contributed by atoms with E-state index in [2.05, 4.69) is 44.8 Å². The molecule has 2 atom stereocenters. The second kappa shape index (κ2) is 8.62. The third-order valence-electron chi connectivity index (χ3n) is 7.68. The zero-order valence-corrected chi connectivity index (χ0v) is 20.8. The number of benzene rings is 2. The number of carbonyl (C=O) groups excluding carboxylic acids is 1. The van der Waals surface area contributed by atoms with Gasteiger partial charge in [-0.2, -0.15) is 5.10 Å². The van der Waals surface area contributed by atoms with Crippen molar-refractivity contribution < 1.29 is 4.79 Å². The number of fused-ring (bicyclic) bond motifs is 3. The minimum atomic E-state index is -0.202. The van der Waals surface area contributed by atoms with Crippen LogP contribution in [0.3, 0.4) is 0 Å². The van der Waals surface area contributed by atoms with Gasteiger partial charge in [0, 0.05) is 41.7 Å². The summed E-state index contributed by atoms with van der Waals surface area (Å²) in [6, 6.07) is 17.5. The van der Waals surface area contributed by atoms with Crippen molar-refractivity contribution in [1.29, 1.82) is 0 Å². The number of para-hydroxylation sites is 2. The summed E-state index contributed by atoms with van der Waals surface area (Å²) in [5.41, 5.74) is 9.62.